The number of rotatable bonds is 4. The van der Waals surface area contributed by atoms with Crippen molar-refractivity contribution in [3.8, 4) is 0 Å². The quantitative estimate of drug-likeness (QED) is 0.627. The lowest BCUT2D eigenvalue weighted by Crippen LogP contribution is -2.23. The van der Waals surface area contributed by atoms with E-state index in [0.29, 0.717) is 6.04 Å². The van der Waals surface area contributed by atoms with Crippen LogP contribution < -0.4 is 5.32 Å². The van der Waals surface area contributed by atoms with Gasteiger partial charge in [0.25, 0.3) is 0 Å². The Labute approximate surface area is 128 Å². The van der Waals surface area contributed by atoms with Crippen LogP contribution in [0, 0.1) is 5.92 Å². The van der Waals surface area contributed by atoms with Gasteiger partial charge >= 0.3 is 0 Å². The second kappa shape index (κ2) is 6.07. The van der Waals surface area contributed by atoms with Crippen LogP contribution in [-0.4, -0.2) is 6.04 Å². The normalized spacial score (nSPS) is 17.6. The summed E-state index contributed by atoms with van der Waals surface area (Å²) < 4.78 is 3.27. The Kier molecular flexibility index (Phi) is 4.96. The summed E-state index contributed by atoms with van der Waals surface area (Å²) in [6.07, 6.45) is 5.52. The van der Waals surface area contributed by atoms with Gasteiger partial charge in [0.05, 0.1) is 5.69 Å². The highest BCUT2D eigenvalue weighted by atomic mass is 79.9. The number of nitrogens with one attached hydrogen (secondary N) is 1. The molecule has 1 nitrogen and oxygen atoms in total. The molecule has 1 aromatic carbocycles. The zero-order chi connectivity index (χ0) is 12.4. The first-order valence-corrected chi connectivity index (χ1v) is 8.35. The Morgan fingerprint density at radius 2 is 1.82 bits per heavy atom. The maximum atomic E-state index is 3.60. The molecule has 0 bridgehead atoms. The highest BCUT2D eigenvalue weighted by molar-refractivity contribution is 9.11. The molecule has 1 fully saturated rings. The zero-order valence-corrected chi connectivity index (χ0v) is 14.5. The van der Waals surface area contributed by atoms with E-state index in [2.05, 4.69) is 72.2 Å². The van der Waals surface area contributed by atoms with Gasteiger partial charge in [-0.1, -0.05) is 35.2 Å². The Balaban J connectivity index is 2.01. The van der Waals surface area contributed by atoms with E-state index in [9.17, 15) is 0 Å². The van der Waals surface area contributed by atoms with Gasteiger partial charge in [-0.15, -0.1) is 0 Å². The van der Waals surface area contributed by atoms with Crippen molar-refractivity contribution in [1.29, 1.82) is 0 Å². The fourth-order valence-electron chi connectivity index (χ4n) is 2.21. The standard InChI is InChI=1S/C13H16Br3N/c1-8(5-9-3-2-4-9)17-13-11(15)6-10(14)7-12(13)16/h6-9,17H,2-5H2,1H3. The molecule has 94 valence electrons. The largest absolute Gasteiger partial charge is 0.381 e. The third kappa shape index (κ3) is 3.71. The Hall–Kier alpha value is 0.460. The summed E-state index contributed by atoms with van der Waals surface area (Å²) >= 11 is 10.7. The van der Waals surface area contributed by atoms with Crippen molar-refractivity contribution in [2.45, 2.75) is 38.6 Å². The highest BCUT2D eigenvalue weighted by Gasteiger charge is 2.20. The summed E-state index contributed by atoms with van der Waals surface area (Å²) in [5.41, 5.74) is 1.15. The predicted molar refractivity (Wildman–Crippen MR) is 84.6 cm³/mol. The molecule has 0 aromatic heterocycles. The minimum Gasteiger partial charge on any atom is -0.381 e. The van der Waals surface area contributed by atoms with Gasteiger partial charge in [-0.05, 0) is 63.3 Å². The minimum atomic E-state index is 0.522. The van der Waals surface area contributed by atoms with Crippen LogP contribution in [0.15, 0.2) is 25.6 Å². The van der Waals surface area contributed by atoms with E-state index < -0.39 is 0 Å². The average Bonchev–Trinajstić information content (AvgIpc) is 2.17. The van der Waals surface area contributed by atoms with Crippen LogP contribution >= 0.6 is 47.8 Å². The first kappa shape index (κ1) is 13.9. The molecule has 2 rings (SSSR count). The van der Waals surface area contributed by atoms with E-state index in [1.54, 1.807) is 0 Å². The smallest absolute Gasteiger partial charge is 0.0631 e. The highest BCUT2D eigenvalue weighted by Crippen LogP contribution is 2.36. The lowest BCUT2D eigenvalue weighted by Gasteiger charge is -2.29. The van der Waals surface area contributed by atoms with Crippen LogP contribution in [-0.2, 0) is 0 Å². The van der Waals surface area contributed by atoms with E-state index in [1.807, 2.05) is 0 Å². The summed E-state index contributed by atoms with van der Waals surface area (Å²) in [4.78, 5) is 0. The Morgan fingerprint density at radius 3 is 2.29 bits per heavy atom. The van der Waals surface area contributed by atoms with E-state index in [1.165, 1.54) is 25.7 Å². The molecule has 0 spiro atoms. The summed E-state index contributed by atoms with van der Waals surface area (Å²) in [5.74, 6) is 0.936. The van der Waals surface area contributed by atoms with Crippen molar-refractivity contribution in [1.82, 2.24) is 0 Å². The van der Waals surface area contributed by atoms with Gasteiger partial charge in [0.2, 0.25) is 0 Å². The summed E-state index contributed by atoms with van der Waals surface area (Å²) in [6.45, 7) is 2.26. The summed E-state index contributed by atoms with van der Waals surface area (Å²) in [6, 6.07) is 4.67. The minimum absolute atomic E-state index is 0.522. The van der Waals surface area contributed by atoms with Crippen molar-refractivity contribution in [2.24, 2.45) is 5.92 Å². The molecule has 4 heteroatoms. The average molecular weight is 426 g/mol. The number of anilines is 1. The van der Waals surface area contributed by atoms with Crippen LogP contribution in [0.5, 0.6) is 0 Å². The first-order valence-electron chi connectivity index (χ1n) is 5.97. The second-order valence-electron chi connectivity index (χ2n) is 4.82. The van der Waals surface area contributed by atoms with Crippen molar-refractivity contribution >= 4 is 53.5 Å². The third-order valence-electron chi connectivity index (χ3n) is 3.31. The van der Waals surface area contributed by atoms with Crippen molar-refractivity contribution in [2.75, 3.05) is 5.32 Å². The van der Waals surface area contributed by atoms with Crippen molar-refractivity contribution in [3.05, 3.63) is 25.6 Å². The molecular formula is C13H16Br3N. The SMILES string of the molecule is CC(CC1CCC1)Nc1c(Br)cc(Br)cc1Br. The molecule has 0 heterocycles. The monoisotopic (exact) mass is 423 g/mol. The molecule has 1 aliphatic carbocycles. The van der Waals surface area contributed by atoms with Crippen molar-refractivity contribution in [3.63, 3.8) is 0 Å². The van der Waals surface area contributed by atoms with Crippen LogP contribution in [0.2, 0.25) is 0 Å². The molecule has 1 aliphatic rings. The van der Waals surface area contributed by atoms with Crippen molar-refractivity contribution < 1.29 is 0 Å². The van der Waals surface area contributed by atoms with Crippen LogP contribution in [0.4, 0.5) is 5.69 Å². The lowest BCUT2D eigenvalue weighted by atomic mass is 9.81. The van der Waals surface area contributed by atoms with Crippen LogP contribution in [0.3, 0.4) is 0 Å². The van der Waals surface area contributed by atoms with Gasteiger partial charge < -0.3 is 5.32 Å². The van der Waals surface area contributed by atoms with Gasteiger partial charge in [0.15, 0.2) is 0 Å². The molecule has 17 heavy (non-hydrogen) atoms. The Morgan fingerprint density at radius 1 is 1.24 bits per heavy atom. The fraction of sp³-hybridized carbons (Fsp3) is 0.538. The molecule has 1 N–H and O–H groups in total. The topological polar surface area (TPSA) is 12.0 Å². The number of benzene rings is 1. The molecule has 0 radical (unpaired) electrons. The summed E-state index contributed by atoms with van der Waals surface area (Å²) in [7, 11) is 0. The van der Waals surface area contributed by atoms with E-state index in [4.69, 9.17) is 0 Å². The van der Waals surface area contributed by atoms with Gasteiger partial charge in [0, 0.05) is 19.5 Å². The van der Waals surface area contributed by atoms with Gasteiger partial charge in [-0.2, -0.15) is 0 Å². The second-order valence-corrected chi connectivity index (χ2v) is 7.45. The molecule has 0 saturated heterocycles. The molecular weight excluding hydrogens is 410 g/mol. The maximum Gasteiger partial charge on any atom is 0.0631 e. The molecule has 1 aromatic rings. The van der Waals surface area contributed by atoms with Crippen LogP contribution in [0.25, 0.3) is 0 Å². The van der Waals surface area contributed by atoms with E-state index >= 15 is 0 Å². The number of hydrogen-bond acceptors (Lipinski definition) is 1. The maximum absolute atomic E-state index is 3.60. The van der Waals surface area contributed by atoms with Gasteiger partial charge in [-0.3, -0.25) is 0 Å². The van der Waals surface area contributed by atoms with E-state index in [0.717, 1.165) is 25.0 Å². The molecule has 1 unspecified atom stereocenters. The zero-order valence-electron chi connectivity index (χ0n) is 9.77. The van der Waals surface area contributed by atoms with Gasteiger partial charge in [-0.25, -0.2) is 0 Å². The van der Waals surface area contributed by atoms with Crippen LogP contribution in [0.1, 0.15) is 32.6 Å². The molecule has 0 aliphatic heterocycles. The predicted octanol–water partition coefficient (Wildman–Crippen LogP) is 5.96. The number of hydrogen-bond donors (Lipinski definition) is 1. The Bertz CT molecular complexity index is 379. The third-order valence-corrected chi connectivity index (χ3v) is 5.02. The van der Waals surface area contributed by atoms with E-state index in [-0.39, 0.29) is 0 Å². The lowest BCUT2D eigenvalue weighted by molar-refractivity contribution is 0.286. The number of halogens is 3. The molecule has 1 atom stereocenters. The first-order chi connectivity index (χ1) is 8.06. The molecule has 0 amide bonds. The summed E-state index contributed by atoms with van der Waals surface area (Å²) in [5, 5.41) is 3.59. The fourth-order valence-corrected chi connectivity index (χ4v) is 4.70. The van der Waals surface area contributed by atoms with Gasteiger partial charge in [0.1, 0.15) is 0 Å². The molecule has 1 saturated carbocycles.